The molecule has 1 aromatic heterocycles. The Kier molecular flexibility index (Phi) is 2.99. The summed E-state index contributed by atoms with van der Waals surface area (Å²) in [5.41, 5.74) is 1.39. The highest BCUT2D eigenvalue weighted by Crippen LogP contribution is 2.42. The monoisotopic (exact) mass is 233 g/mol. The summed E-state index contributed by atoms with van der Waals surface area (Å²) in [6, 6.07) is 3.56. The van der Waals surface area contributed by atoms with E-state index in [1.165, 1.54) is 37.8 Å². The molecule has 17 heavy (non-hydrogen) atoms. The highest BCUT2D eigenvalue weighted by Gasteiger charge is 2.38. The van der Waals surface area contributed by atoms with Crippen LogP contribution in [0.15, 0.2) is 23.0 Å². The second-order valence-corrected chi connectivity index (χ2v) is 6.07. The Labute approximate surface area is 104 Å². The number of furan rings is 1. The number of hydrogen-bond acceptors (Lipinski definition) is 2. The average molecular weight is 233 g/mol. The number of fused-ring (bicyclic) bond motifs is 1. The van der Waals surface area contributed by atoms with Crippen molar-refractivity contribution in [3.05, 3.63) is 24.2 Å². The summed E-state index contributed by atoms with van der Waals surface area (Å²) in [4.78, 5) is 2.76. The van der Waals surface area contributed by atoms with E-state index >= 15 is 0 Å². The van der Waals surface area contributed by atoms with Crippen LogP contribution in [0.25, 0.3) is 0 Å². The van der Waals surface area contributed by atoms with E-state index in [2.05, 4.69) is 24.8 Å². The Balaban J connectivity index is 1.84. The molecule has 2 nitrogen and oxygen atoms in total. The highest BCUT2D eigenvalue weighted by atomic mass is 16.3. The first-order valence-electron chi connectivity index (χ1n) is 7.03. The molecule has 2 saturated heterocycles. The molecular formula is C15H23NO. The van der Waals surface area contributed by atoms with Crippen molar-refractivity contribution in [3.63, 3.8) is 0 Å². The van der Waals surface area contributed by atoms with Crippen molar-refractivity contribution in [3.8, 4) is 0 Å². The smallest absolute Gasteiger partial charge is 0.0950 e. The van der Waals surface area contributed by atoms with Crippen LogP contribution in [0.1, 0.15) is 51.1 Å². The number of rotatable bonds is 1. The second kappa shape index (κ2) is 4.49. The highest BCUT2D eigenvalue weighted by molar-refractivity contribution is 5.14. The van der Waals surface area contributed by atoms with Crippen LogP contribution >= 0.6 is 0 Å². The first-order chi connectivity index (χ1) is 8.25. The van der Waals surface area contributed by atoms with E-state index in [1.807, 2.05) is 12.5 Å². The molecular weight excluding hydrogens is 210 g/mol. The Morgan fingerprint density at radius 2 is 2.06 bits per heavy atom. The topological polar surface area (TPSA) is 16.4 Å². The average Bonchev–Trinajstić information content (AvgIpc) is 2.83. The van der Waals surface area contributed by atoms with Gasteiger partial charge in [0.15, 0.2) is 0 Å². The molecule has 0 amide bonds. The van der Waals surface area contributed by atoms with E-state index in [-0.39, 0.29) is 0 Å². The zero-order valence-electron chi connectivity index (χ0n) is 10.9. The fraction of sp³-hybridized carbons (Fsp3) is 0.733. The van der Waals surface area contributed by atoms with Crippen molar-refractivity contribution < 1.29 is 4.42 Å². The summed E-state index contributed by atoms with van der Waals surface area (Å²) in [5.74, 6) is 1.72. The molecule has 0 bridgehead atoms. The van der Waals surface area contributed by atoms with Gasteiger partial charge in [-0.15, -0.1) is 0 Å². The first kappa shape index (κ1) is 11.3. The zero-order chi connectivity index (χ0) is 11.8. The van der Waals surface area contributed by atoms with Crippen LogP contribution in [0.3, 0.4) is 0 Å². The fourth-order valence-electron chi connectivity index (χ4n) is 3.78. The van der Waals surface area contributed by atoms with Gasteiger partial charge in [0, 0.05) is 24.2 Å². The molecule has 3 rings (SSSR count). The molecule has 2 fully saturated rings. The van der Waals surface area contributed by atoms with E-state index < -0.39 is 0 Å². The predicted octanol–water partition coefficient (Wildman–Crippen LogP) is 3.85. The van der Waals surface area contributed by atoms with E-state index in [0.29, 0.717) is 6.04 Å². The van der Waals surface area contributed by atoms with Crippen molar-refractivity contribution in [1.82, 2.24) is 4.90 Å². The van der Waals surface area contributed by atoms with Crippen molar-refractivity contribution in [2.45, 2.75) is 51.6 Å². The molecule has 4 atom stereocenters. The number of nitrogens with zero attached hydrogens (tertiary/aromatic N) is 1. The number of hydrogen-bond donors (Lipinski definition) is 0. The maximum absolute atomic E-state index is 5.27. The van der Waals surface area contributed by atoms with Gasteiger partial charge in [0.05, 0.1) is 12.5 Å². The van der Waals surface area contributed by atoms with Gasteiger partial charge in [-0.3, -0.25) is 4.90 Å². The number of piperidine rings is 2. The van der Waals surface area contributed by atoms with Gasteiger partial charge in [-0.1, -0.05) is 13.8 Å². The molecule has 0 N–H and O–H groups in total. The molecule has 0 saturated carbocycles. The van der Waals surface area contributed by atoms with Crippen LogP contribution in [0.2, 0.25) is 0 Å². The van der Waals surface area contributed by atoms with Crippen LogP contribution in [0.4, 0.5) is 0 Å². The lowest BCUT2D eigenvalue weighted by Crippen LogP contribution is -2.50. The van der Waals surface area contributed by atoms with Crippen LogP contribution in [0.5, 0.6) is 0 Å². The fourth-order valence-corrected chi connectivity index (χ4v) is 3.78. The van der Waals surface area contributed by atoms with Gasteiger partial charge in [0.25, 0.3) is 0 Å². The third kappa shape index (κ3) is 2.03. The largest absolute Gasteiger partial charge is 0.472 e. The van der Waals surface area contributed by atoms with E-state index in [4.69, 9.17) is 4.42 Å². The minimum Gasteiger partial charge on any atom is -0.472 e. The molecule has 0 spiro atoms. The van der Waals surface area contributed by atoms with Crippen LogP contribution in [-0.4, -0.2) is 17.5 Å². The third-order valence-electron chi connectivity index (χ3n) is 4.78. The van der Waals surface area contributed by atoms with Crippen LogP contribution in [-0.2, 0) is 0 Å². The summed E-state index contributed by atoms with van der Waals surface area (Å²) < 4.78 is 5.27. The first-order valence-corrected chi connectivity index (χ1v) is 7.03. The third-order valence-corrected chi connectivity index (χ3v) is 4.78. The lowest BCUT2D eigenvalue weighted by Gasteiger charge is -2.49. The van der Waals surface area contributed by atoms with Gasteiger partial charge < -0.3 is 4.42 Å². The Morgan fingerprint density at radius 1 is 1.18 bits per heavy atom. The normalized spacial score (nSPS) is 38.9. The van der Waals surface area contributed by atoms with Gasteiger partial charge in [-0.2, -0.15) is 0 Å². The minimum absolute atomic E-state index is 0.609. The Morgan fingerprint density at radius 3 is 2.82 bits per heavy atom. The molecule has 3 heterocycles. The van der Waals surface area contributed by atoms with Crippen LogP contribution < -0.4 is 0 Å². The van der Waals surface area contributed by atoms with E-state index in [9.17, 15) is 0 Å². The van der Waals surface area contributed by atoms with Gasteiger partial charge in [0.2, 0.25) is 0 Å². The second-order valence-electron chi connectivity index (χ2n) is 6.07. The summed E-state index contributed by atoms with van der Waals surface area (Å²) in [6.07, 6.45) is 9.21. The maximum atomic E-state index is 5.27. The SMILES string of the molecule is C[C@H]1CC[C@H]2[C@@H](C)CC[C@@H](c3ccoc3)N2C1. The molecule has 1 aromatic rings. The summed E-state index contributed by atoms with van der Waals surface area (Å²) in [5, 5.41) is 0. The molecule has 2 heteroatoms. The quantitative estimate of drug-likeness (QED) is 0.732. The lowest BCUT2D eigenvalue weighted by atomic mass is 9.78. The van der Waals surface area contributed by atoms with Crippen molar-refractivity contribution in [2.75, 3.05) is 6.54 Å². The van der Waals surface area contributed by atoms with Gasteiger partial charge in [0.1, 0.15) is 0 Å². The standard InChI is InChI=1S/C15H23NO/c1-11-3-5-14-12(2)4-6-15(16(14)9-11)13-7-8-17-10-13/h7-8,10-12,14-15H,3-6,9H2,1-2H3/t11-,12-,14-,15-/m0/s1. The molecule has 2 aliphatic heterocycles. The van der Waals surface area contributed by atoms with E-state index in [1.54, 1.807) is 0 Å². The summed E-state index contributed by atoms with van der Waals surface area (Å²) in [6.45, 7) is 6.09. The maximum Gasteiger partial charge on any atom is 0.0950 e. The Bertz CT molecular complexity index is 359. The van der Waals surface area contributed by atoms with Crippen molar-refractivity contribution in [1.29, 1.82) is 0 Å². The van der Waals surface area contributed by atoms with E-state index in [0.717, 1.165) is 17.9 Å². The minimum atomic E-state index is 0.609. The zero-order valence-corrected chi connectivity index (χ0v) is 10.9. The summed E-state index contributed by atoms with van der Waals surface area (Å²) >= 11 is 0. The molecule has 0 aliphatic carbocycles. The molecule has 0 aromatic carbocycles. The Hall–Kier alpha value is -0.760. The van der Waals surface area contributed by atoms with Gasteiger partial charge in [-0.05, 0) is 43.6 Å². The molecule has 2 aliphatic rings. The van der Waals surface area contributed by atoms with Gasteiger partial charge >= 0.3 is 0 Å². The summed E-state index contributed by atoms with van der Waals surface area (Å²) in [7, 11) is 0. The molecule has 94 valence electrons. The van der Waals surface area contributed by atoms with Crippen molar-refractivity contribution in [2.24, 2.45) is 11.8 Å². The van der Waals surface area contributed by atoms with Gasteiger partial charge in [-0.25, -0.2) is 0 Å². The lowest BCUT2D eigenvalue weighted by molar-refractivity contribution is -0.00172. The predicted molar refractivity (Wildman–Crippen MR) is 68.7 cm³/mol. The van der Waals surface area contributed by atoms with Crippen molar-refractivity contribution >= 4 is 0 Å². The molecule has 0 unspecified atom stereocenters. The van der Waals surface area contributed by atoms with Crippen LogP contribution in [0, 0.1) is 11.8 Å². The molecule has 0 radical (unpaired) electrons.